The lowest BCUT2D eigenvalue weighted by atomic mass is 9.87. The van der Waals surface area contributed by atoms with Crippen LogP contribution in [0.4, 0.5) is 0 Å². The maximum absolute atomic E-state index is 12.9. The minimum Gasteiger partial charge on any atom is -0.496 e. The molecule has 4 nitrogen and oxygen atoms in total. The van der Waals surface area contributed by atoms with E-state index in [4.69, 9.17) is 4.74 Å². The van der Waals surface area contributed by atoms with Gasteiger partial charge in [-0.3, -0.25) is 14.7 Å². The van der Waals surface area contributed by atoms with Gasteiger partial charge in [-0.25, -0.2) is 0 Å². The molecule has 1 aliphatic carbocycles. The number of hydrogen-bond acceptors (Lipinski definition) is 4. The fourth-order valence-corrected chi connectivity index (χ4v) is 3.50. The number of aromatic nitrogens is 1. The van der Waals surface area contributed by atoms with Crippen LogP contribution in [0.3, 0.4) is 0 Å². The van der Waals surface area contributed by atoms with E-state index in [9.17, 15) is 4.79 Å². The number of carbonyl (C=O) groups is 1. The zero-order chi connectivity index (χ0) is 15.6. The van der Waals surface area contributed by atoms with Crippen molar-refractivity contribution in [3.63, 3.8) is 0 Å². The Bertz CT molecular complexity index is 532. The molecule has 1 saturated carbocycles. The number of ether oxygens (including phenoxy) is 1. The van der Waals surface area contributed by atoms with Gasteiger partial charge in [-0.1, -0.05) is 12.8 Å². The van der Waals surface area contributed by atoms with Gasteiger partial charge in [0, 0.05) is 17.3 Å². The quantitative estimate of drug-likeness (QED) is 0.836. The first kappa shape index (κ1) is 16.0. The van der Waals surface area contributed by atoms with E-state index in [2.05, 4.69) is 9.88 Å². The molecule has 2 rings (SSSR count). The first-order valence-corrected chi connectivity index (χ1v) is 7.62. The van der Waals surface area contributed by atoms with E-state index in [1.807, 2.05) is 27.9 Å². The Kier molecular flexibility index (Phi) is 4.67. The second-order valence-corrected chi connectivity index (χ2v) is 6.28. The third-order valence-corrected chi connectivity index (χ3v) is 4.88. The maximum atomic E-state index is 12.9. The van der Waals surface area contributed by atoms with Crippen molar-refractivity contribution in [1.82, 2.24) is 9.88 Å². The summed E-state index contributed by atoms with van der Waals surface area (Å²) in [5.74, 6) is 1.13. The van der Waals surface area contributed by atoms with Gasteiger partial charge in [0.15, 0.2) is 5.78 Å². The van der Waals surface area contributed by atoms with Gasteiger partial charge in [-0.2, -0.15) is 0 Å². The Hall–Kier alpha value is -1.42. The summed E-state index contributed by atoms with van der Waals surface area (Å²) in [4.78, 5) is 19.5. The van der Waals surface area contributed by atoms with Crippen molar-refractivity contribution >= 4 is 5.78 Å². The number of hydrogen-bond donors (Lipinski definition) is 0. The molecule has 21 heavy (non-hydrogen) atoms. The second kappa shape index (κ2) is 6.14. The van der Waals surface area contributed by atoms with E-state index in [-0.39, 0.29) is 11.3 Å². The van der Waals surface area contributed by atoms with E-state index in [0.717, 1.165) is 48.3 Å². The van der Waals surface area contributed by atoms with Crippen molar-refractivity contribution in [3.05, 3.63) is 23.0 Å². The first-order valence-electron chi connectivity index (χ1n) is 7.62. The van der Waals surface area contributed by atoms with Crippen LogP contribution in [-0.4, -0.2) is 42.4 Å². The molecule has 4 heteroatoms. The van der Waals surface area contributed by atoms with Gasteiger partial charge in [0.05, 0.1) is 24.8 Å². The molecule has 1 fully saturated rings. The summed E-state index contributed by atoms with van der Waals surface area (Å²) in [7, 11) is 5.69. The summed E-state index contributed by atoms with van der Waals surface area (Å²) in [6.07, 6.45) is 6.37. The summed E-state index contributed by atoms with van der Waals surface area (Å²) >= 11 is 0. The number of nitrogens with zero attached hydrogens (tertiary/aromatic N) is 2. The molecule has 0 amide bonds. The molecule has 0 N–H and O–H groups in total. The van der Waals surface area contributed by atoms with E-state index in [0.29, 0.717) is 6.42 Å². The summed E-state index contributed by atoms with van der Waals surface area (Å²) in [6.45, 7) is 3.96. The number of pyridine rings is 1. The summed E-state index contributed by atoms with van der Waals surface area (Å²) in [5, 5.41) is 0. The van der Waals surface area contributed by atoms with Crippen LogP contribution in [0, 0.1) is 13.8 Å². The Morgan fingerprint density at radius 2 is 1.95 bits per heavy atom. The molecule has 0 aliphatic heterocycles. The Labute approximate surface area is 127 Å². The molecule has 0 saturated heterocycles. The van der Waals surface area contributed by atoms with Gasteiger partial charge in [-0.05, 0) is 40.8 Å². The average molecular weight is 290 g/mol. The van der Waals surface area contributed by atoms with Gasteiger partial charge >= 0.3 is 0 Å². The number of methoxy groups -OCH3 is 1. The highest BCUT2D eigenvalue weighted by molar-refractivity contribution is 5.90. The highest BCUT2D eigenvalue weighted by atomic mass is 16.5. The molecule has 1 aromatic rings. The fraction of sp³-hybridized carbons (Fsp3) is 0.647. The molecule has 1 heterocycles. The molecule has 0 bridgehead atoms. The zero-order valence-corrected chi connectivity index (χ0v) is 13.8. The van der Waals surface area contributed by atoms with Gasteiger partial charge in [0.1, 0.15) is 5.75 Å². The molecule has 116 valence electrons. The topological polar surface area (TPSA) is 42.4 Å². The van der Waals surface area contributed by atoms with E-state index < -0.39 is 0 Å². The van der Waals surface area contributed by atoms with Crippen LogP contribution in [0.5, 0.6) is 5.75 Å². The minimum atomic E-state index is -0.299. The van der Waals surface area contributed by atoms with Crippen molar-refractivity contribution < 1.29 is 9.53 Å². The summed E-state index contributed by atoms with van der Waals surface area (Å²) in [5.41, 5.74) is 2.54. The molecule has 1 aliphatic rings. The Morgan fingerprint density at radius 1 is 1.33 bits per heavy atom. The SMILES string of the molecule is COc1c(C)cnc(CC(=O)C2(N(C)C)CCCC2)c1C. The van der Waals surface area contributed by atoms with Gasteiger partial charge < -0.3 is 4.74 Å². The Balaban J connectivity index is 2.27. The molecule has 0 radical (unpaired) electrons. The maximum Gasteiger partial charge on any atom is 0.159 e. The van der Waals surface area contributed by atoms with Crippen LogP contribution in [0.25, 0.3) is 0 Å². The molecule has 1 aromatic heterocycles. The smallest absolute Gasteiger partial charge is 0.159 e. The standard InChI is InChI=1S/C17H26N2O2/c1-12-11-18-14(13(2)16(12)21-5)10-15(20)17(19(3)4)8-6-7-9-17/h11H,6-10H2,1-5H3. The van der Waals surface area contributed by atoms with Crippen LogP contribution in [0.1, 0.15) is 42.5 Å². The number of Topliss-reactive ketones (excluding diaryl/α,β-unsaturated/α-hetero) is 1. The average Bonchev–Trinajstić information content (AvgIpc) is 2.93. The second-order valence-electron chi connectivity index (χ2n) is 6.28. The number of likely N-dealkylation sites (N-methyl/N-ethyl adjacent to an activating group) is 1. The van der Waals surface area contributed by atoms with Crippen molar-refractivity contribution in [1.29, 1.82) is 0 Å². The van der Waals surface area contributed by atoms with Crippen LogP contribution in [0.2, 0.25) is 0 Å². The van der Waals surface area contributed by atoms with E-state index >= 15 is 0 Å². The molecular weight excluding hydrogens is 264 g/mol. The predicted octanol–water partition coefficient (Wildman–Crippen LogP) is 2.69. The van der Waals surface area contributed by atoms with Gasteiger partial charge in [-0.15, -0.1) is 0 Å². The zero-order valence-electron chi connectivity index (χ0n) is 13.8. The number of aryl methyl sites for hydroxylation is 1. The number of carbonyl (C=O) groups excluding carboxylic acids is 1. The van der Waals surface area contributed by atoms with Crippen molar-refractivity contribution in [2.24, 2.45) is 0 Å². The molecule has 0 unspecified atom stereocenters. The largest absolute Gasteiger partial charge is 0.496 e. The van der Waals surface area contributed by atoms with Crippen molar-refractivity contribution in [2.45, 2.75) is 51.5 Å². The predicted molar refractivity (Wildman–Crippen MR) is 83.9 cm³/mol. The van der Waals surface area contributed by atoms with Crippen LogP contribution < -0.4 is 4.74 Å². The minimum absolute atomic E-state index is 0.284. The van der Waals surface area contributed by atoms with Crippen LogP contribution in [0.15, 0.2) is 6.20 Å². The summed E-state index contributed by atoms with van der Waals surface area (Å²) in [6, 6.07) is 0. The normalized spacial score (nSPS) is 17.2. The first-order chi connectivity index (χ1) is 9.92. The van der Waals surface area contributed by atoms with Crippen molar-refractivity contribution in [2.75, 3.05) is 21.2 Å². The van der Waals surface area contributed by atoms with E-state index in [1.165, 1.54) is 0 Å². The summed E-state index contributed by atoms with van der Waals surface area (Å²) < 4.78 is 5.43. The lowest BCUT2D eigenvalue weighted by Crippen LogP contribution is -2.49. The Morgan fingerprint density at radius 3 is 2.48 bits per heavy atom. The van der Waals surface area contributed by atoms with Crippen molar-refractivity contribution in [3.8, 4) is 5.75 Å². The van der Waals surface area contributed by atoms with Gasteiger partial charge in [0.2, 0.25) is 0 Å². The van der Waals surface area contributed by atoms with E-state index in [1.54, 1.807) is 13.3 Å². The molecule has 0 aromatic carbocycles. The molecule has 0 spiro atoms. The third kappa shape index (κ3) is 2.82. The molecule has 0 atom stereocenters. The highest BCUT2D eigenvalue weighted by Gasteiger charge is 2.42. The third-order valence-electron chi connectivity index (χ3n) is 4.88. The molecular formula is C17H26N2O2. The highest BCUT2D eigenvalue weighted by Crippen LogP contribution is 2.36. The fourth-order valence-electron chi connectivity index (χ4n) is 3.50. The number of ketones is 1. The van der Waals surface area contributed by atoms with Crippen LogP contribution in [-0.2, 0) is 11.2 Å². The lowest BCUT2D eigenvalue weighted by molar-refractivity contribution is -0.128. The van der Waals surface area contributed by atoms with Crippen LogP contribution >= 0.6 is 0 Å². The monoisotopic (exact) mass is 290 g/mol. The lowest BCUT2D eigenvalue weighted by Gasteiger charge is -2.34. The number of rotatable bonds is 5. The van der Waals surface area contributed by atoms with Gasteiger partial charge in [0.25, 0.3) is 0 Å².